The number of amides is 1. The predicted octanol–water partition coefficient (Wildman–Crippen LogP) is 3.14. The lowest BCUT2D eigenvalue weighted by molar-refractivity contribution is -0.141. The fourth-order valence-electron chi connectivity index (χ4n) is 2.04. The summed E-state index contributed by atoms with van der Waals surface area (Å²) in [7, 11) is 0. The summed E-state index contributed by atoms with van der Waals surface area (Å²) in [5, 5.41) is 11.5. The fourth-order valence-corrected chi connectivity index (χ4v) is 2.04. The van der Waals surface area contributed by atoms with Crippen LogP contribution in [-0.4, -0.2) is 23.0 Å². The third-order valence-corrected chi connectivity index (χ3v) is 3.44. The first kappa shape index (κ1) is 17.1. The van der Waals surface area contributed by atoms with Crippen LogP contribution in [0.4, 0.5) is 4.39 Å². The largest absolute Gasteiger partial charge is 0.481 e. The van der Waals surface area contributed by atoms with E-state index >= 15 is 0 Å². The summed E-state index contributed by atoms with van der Waals surface area (Å²) in [6, 6.07) is 4.29. The maximum absolute atomic E-state index is 13.6. The molecule has 0 spiro atoms. The molecule has 0 aliphatic heterocycles. The smallest absolute Gasteiger partial charge is 0.306 e. The minimum absolute atomic E-state index is 0.0424. The zero-order valence-corrected chi connectivity index (χ0v) is 12.6. The molecule has 2 N–H and O–H groups in total. The Balaban J connectivity index is 2.47. The number of nitrogens with one attached hydrogen (secondary N) is 1. The van der Waals surface area contributed by atoms with Gasteiger partial charge in [-0.2, -0.15) is 0 Å². The first-order valence-electron chi connectivity index (χ1n) is 7.11. The maximum Gasteiger partial charge on any atom is 0.306 e. The Labute approximate surface area is 124 Å². The molecule has 0 heterocycles. The Morgan fingerprint density at radius 1 is 1.29 bits per heavy atom. The van der Waals surface area contributed by atoms with Crippen molar-refractivity contribution in [3.05, 3.63) is 35.1 Å². The Hall–Kier alpha value is -1.91. The van der Waals surface area contributed by atoms with Gasteiger partial charge in [0.05, 0.1) is 11.5 Å². The molecule has 116 valence electrons. The van der Waals surface area contributed by atoms with Crippen LogP contribution in [0.1, 0.15) is 49.0 Å². The minimum Gasteiger partial charge on any atom is -0.481 e. The summed E-state index contributed by atoms with van der Waals surface area (Å²) < 4.78 is 13.6. The molecule has 0 aliphatic rings. The van der Waals surface area contributed by atoms with Crippen molar-refractivity contribution in [2.75, 3.05) is 0 Å². The van der Waals surface area contributed by atoms with Crippen LogP contribution in [0, 0.1) is 18.7 Å². The SMILES string of the molecule is Cc1ccc(F)c(C(=O)NC(C)CCCC(C)C(=O)O)c1. The monoisotopic (exact) mass is 295 g/mol. The molecule has 0 aliphatic carbocycles. The molecular weight excluding hydrogens is 273 g/mol. The molecule has 1 amide bonds. The summed E-state index contributed by atoms with van der Waals surface area (Å²) in [6.07, 6.45) is 1.93. The Kier molecular flexibility index (Phi) is 6.34. The molecule has 2 unspecified atom stereocenters. The molecule has 1 rings (SSSR count). The van der Waals surface area contributed by atoms with Crippen LogP contribution in [-0.2, 0) is 4.79 Å². The van der Waals surface area contributed by atoms with Crippen molar-refractivity contribution in [1.82, 2.24) is 5.32 Å². The van der Waals surface area contributed by atoms with Crippen molar-refractivity contribution < 1.29 is 19.1 Å². The van der Waals surface area contributed by atoms with E-state index in [1.807, 2.05) is 6.92 Å². The van der Waals surface area contributed by atoms with E-state index in [2.05, 4.69) is 5.32 Å². The summed E-state index contributed by atoms with van der Waals surface area (Å²) in [5.74, 6) is -2.17. The highest BCUT2D eigenvalue weighted by Crippen LogP contribution is 2.12. The maximum atomic E-state index is 13.6. The van der Waals surface area contributed by atoms with E-state index in [9.17, 15) is 14.0 Å². The molecule has 4 nitrogen and oxygen atoms in total. The Bertz CT molecular complexity index is 516. The van der Waals surface area contributed by atoms with E-state index < -0.39 is 17.7 Å². The van der Waals surface area contributed by atoms with E-state index in [0.717, 1.165) is 5.56 Å². The van der Waals surface area contributed by atoms with Crippen LogP contribution in [0.2, 0.25) is 0 Å². The predicted molar refractivity (Wildman–Crippen MR) is 78.7 cm³/mol. The van der Waals surface area contributed by atoms with E-state index in [1.54, 1.807) is 19.9 Å². The summed E-state index contributed by atoms with van der Waals surface area (Å²) in [6.45, 7) is 5.29. The van der Waals surface area contributed by atoms with E-state index in [4.69, 9.17) is 5.11 Å². The molecule has 0 fully saturated rings. The Morgan fingerprint density at radius 3 is 2.57 bits per heavy atom. The van der Waals surface area contributed by atoms with Crippen LogP contribution in [0.25, 0.3) is 0 Å². The second-order valence-electron chi connectivity index (χ2n) is 5.53. The van der Waals surface area contributed by atoms with Crippen LogP contribution in [0.3, 0.4) is 0 Å². The molecule has 0 saturated carbocycles. The number of hydrogen-bond acceptors (Lipinski definition) is 2. The number of carboxylic acid groups (broad SMARTS) is 1. The van der Waals surface area contributed by atoms with Gasteiger partial charge in [-0.1, -0.05) is 25.0 Å². The zero-order chi connectivity index (χ0) is 16.0. The second kappa shape index (κ2) is 7.76. The first-order chi connectivity index (χ1) is 9.81. The number of halogens is 1. The molecule has 21 heavy (non-hydrogen) atoms. The number of aliphatic carboxylic acids is 1. The number of aryl methyl sites for hydroxylation is 1. The van der Waals surface area contributed by atoms with Gasteiger partial charge >= 0.3 is 5.97 Å². The molecule has 1 aromatic carbocycles. The highest BCUT2D eigenvalue weighted by atomic mass is 19.1. The molecule has 1 aromatic rings. The molecule has 0 bridgehead atoms. The topological polar surface area (TPSA) is 66.4 Å². The van der Waals surface area contributed by atoms with Gasteiger partial charge in [0.15, 0.2) is 0 Å². The van der Waals surface area contributed by atoms with Gasteiger partial charge in [-0.05, 0) is 38.8 Å². The molecule has 2 atom stereocenters. The number of benzene rings is 1. The fraction of sp³-hybridized carbons (Fsp3) is 0.500. The Morgan fingerprint density at radius 2 is 1.95 bits per heavy atom. The molecular formula is C16H22FNO3. The highest BCUT2D eigenvalue weighted by molar-refractivity contribution is 5.94. The van der Waals surface area contributed by atoms with Crippen LogP contribution in [0.15, 0.2) is 18.2 Å². The van der Waals surface area contributed by atoms with Crippen molar-refractivity contribution in [1.29, 1.82) is 0 Å². The average Bonchev–Trinajstić information content (AvgIpc) is 2.41. The lowest BCUT2D eigenvalue weighted by Crippen LogP contribution is -2.33. The van der Waals surface area contributed by atoms with Crippen molar-refractivity contribution in [3.63, 3.8) is 0 Å². The van der Waals surface area contributed by atoms with Gasteiger partial charge < -0.3 is 10.4 Å². The van der Waals surface area contributed by atoms with Gasteiger partial charge in [-0.25, -0.2) is 4.39 Å². The number of hydrogen-bond donors (Lipinski definition) is 2. The normalized spacial score (nSPS) is 13.5. The van der Waals surface area contributed by atoms with Crippen molar-refractivity contribution in [3.8, 4) is 0 Å². The third-order valence-electron chi connectivity index (χ3n) is 3.44. The summed E-state index contributed by atoms with van der Waals surface area (Å²) in [4.78, 5) is 22.7. The van der Waals surface area contributed by atoms with E-state index in [1.165, 1.54) is 12.1 Å². The van der Waals surface area contributed by atoms with Gasteiger partial charge in [0.2, 0.25) is 0 Å². The lowest BCUT2D eigenvalue weighted by atomic mass is 10.0. The number of rotatable bonds is 7. The molecule has 0 saturated heterocycles. The quantitative estimate of drug-likeness (QED) is 0.812. The molecule has 0 aromatic heterocycles. The standard InChI is InChI=1S/C16H22FNO3/c1-10-7-8-14(17)13(9-10)15(19)18-12(3)6-4-5-11(2)16(20)21/h7-9,11-12H,4-6H2,1-3H3,(H,18,19)(H,20,21). The van der Waals surface area contributed by atoms with Crippen LogP contribution in [0.5, 0.6) is 0 Å². The zero-order valence-electron chi connectivity index (χ0n) is 12.6. The summed E-state index contributed by atoms with van der Waals surface area (Å²) in [5.41, 5.74) is 0.866. The van der Waals surface area contributed by atoms with E-state index in [0.29, 0.717) is 19.3 Å². The third kappa shape index (κ3) is 5.53. The van der Waals surface area contributed by atoms with Crippen molar-refractivity contribution in [2.24, 2.45) is 5.92 Å². The van der Waals surface area contributed by atoms with Crippen LogP contribution >= 0.6 is 0 Å². The lowest BCUT2D eigenvalue weighted by Gasteiger charge is -2.15. The van der Waals surface area contributed by atoms with Crippen molar-refractivity contribution >= 4 is 11.9 Å². The van der Waals surface area contributed by atoms with E-state index in [-0.39, 0.29) is 17.5 Å². The number of carboxylic acids is 1. The van der Waals surface area contributed by atoms with Crippen molar-refractivity contribution in [2.45, 2.75) is 46.1 Å². The van der Waals surface area contributed by atoms with Gasteiger partial charge in [0.1, 0.15) is 5.82 Å². The van der Waals surface area contributed by atoms with Gasteiger partial charge in [0, 0.05) is 6.04 Å². The minimum atomic E-state index is -0.812. The van der Waals surface area contributed by atoms with Gasteiger partial charge in [0.25, 0.3) is 5.91 Å². The van der Waals surface area contributed by atoms with Crippen LogP contribution < -0.4 is 5.32 Å². The average molecular weight is 295 g/mol. The molecule has 0 radical (unpaired) electrons. The number of carbonyl (C=O) groups excluding carboxylic acids is 1. The van der Waals surface area contributed by atoms with Gasteiger partial charge in [-0.3, -0.25) is 9.59 Å². The first-order valence-corrected chi connectivity index (χ1v) is 7.11. The summed E-state index contributed by atoms with van der Waals surface area (Å²) >= 11 is 0. The highest BCUT2D eigenvalue weighted by Gasteiger charge is 2.15. The van der Waals surface area contributed by atoms with Gasteiger partial charge in [-0.15, -0.1) is 0 Å². The molecule has 5 heteroatoms. The number of carbonyl (C=O) groups is 2. The second-order valence-corrected chi connectivity index (χ2v) is 5.53.